The molecule has 3 heterocycles. The molecule has 1 atom stereocenters. The Labute approximate surface area is 150 Å². The van der Waals surface area contributed by atoms with E-state index >= 15 is 0 Å². The highest BCUT2D eigenvalue weighted by atomic mass is 16.7. The van der Waals surface area contributed by atoms with Crippen LogP contribution in [0.5, 0.6) is 0 Å². The van der Waals surface area contributed by atoms with Gasteiger partial charge in [0.25, 0.3) is 11.3 Å². The maximum absolute atomic E-state index is 12.9. The summed E-state index contributed by atoms with van der Waals surface area (Å²) >= 11 is 0. The second-order valence-electron chi connectivity index (χ2n) is 6.92. The molecule has 1 aromatic rings. The number of esters is 1. The number of hydrogen-bond donors (Lipinski definition) is 0. The molecule has 0 radical (unpaired) electrons. The highest BCUT2D eigenvalue weighted by Gasteiger charge is 2.47. The van der Waals surface area contributed by atoms with Gasteiger partial charge in [-0.05, 0) is 30.9 Å². The Morgan fingerprint density at radius 3 is 2.81 bits per heavy atom. The van der Waals surface area contributed by atoms with Crippen LogP contribution in [0.25, 0.3) is 0 Å². The largest absolute Gasteiger partial charge is 0.466 e. The number of pyridine rings is 1. The van der Waals surface area contributed by atoms with Gasteiger partial charge in [-0.1, -0.05) is 12.8 Å². The molecule has 1 saturated carbocycles. The zero-order valence-electron chi connectivity index (χ0n) is 14.6. The fourth-order valence-corrected chi connectivity index (χ4v) is 3.80. The summed E-state index contributed by atoms with van der Waals surface area (Å²) in [6.07, 6.45) is 6.07. The molecule has 1 fully saturated rings. The summed E-state index contributed by atoms with van der Waals surface area (Å²) in [6, 6.07) is 3.73. The summed E-state index contributed by atoms with van der Waals surface area (Å²) in [5.41, 5.74) is 0.581. The molecule has 1 unspecified atom stereocenters. The standard InChI is InChI=1S/C19H20N2O5/c1-2-24-18(23)14(9-12-3-4-12)13-10-16-19(25-7-8-26-19)5-6-21(16)17(22)15(13)11-20/h7-8,10,12,14H,2-6,9H2,1H3. The SMILES string of the molecule is CCOC(=O)C(CC1CC1)c1cc2n(c(=O)c1C#N)CCC21OC=CO1. The molecule has 136 valence electrons. The molecule has 2 aliphatic heterocycles. The molecule has 1 aromatic heterocycles. The third kappa shape index (κ3) is 2.57. The quantitative estimate of drug-likeness (QED) is 0.752. The van der Waals surface area contributed by atoms with E-state index in [0.29, 0.717) is 36.6 Å². The maximum Gasteiger partial charge on any atom is 0.313 e. The van der Waals surface area contributed by atoms with Crippen LogP contribution in [0, 0.1) is 17.2 Å². The van der Waals surface area contributed by atoms with Crippen LogP contribution < -0.4 is 5.56 Å². The summed E-state index contributed by atoms with van der Waals surface area (Å²) in [4.78, 5) is 25.5. The number of nitrogens with zero attached hydrogens (tertiary/aromatic N) is 2. The van der Waals surface area contributed by atoms with Gasteiger partial charge < -0.3 is 18.8 Å². The van der Waals surface area contributed by atoms with E-state index in [1.54, 1.807) is 13.0 Å². The Bertz CT molecular complexity index is 867. The van der Waals surface area contributed by atoms with Gasteiger partial charge in [-0.3, -0.25) is 9.59 Å². The third-order valence-electron chi connectivity index (χ3n) is 5.28. The topological polar surface area (TPSA) is 90.6 Å². The molecule has 0 amide bonds. The number of aromatic nitrogens is 1. The minimum atomic E-state index is -1.04. The second kappa shape index (κ2) is 6.20. The van der Waals surface area contributed by atoms with E-state index in [4.69, 9.17) is 14.2 Å². The van der Waals surface area contributed by atoms with Crippen LogP contribution in [-0.4, -0.2) is 17.1 Å². The predicted molar refractivity (Wildman–Crippen MR) is 89.7 cm³/mol. The van der Waals surface area contributed by atoms with E-state index in [-0.39, 0.29) is 12.2 Å². The average molecular weight is 356 g/mol. The minimum Gasteiger partial charge on any atom is -0.466 e. The van der Waals surface area contributed by atoms with E-state index in [9.17, 15) is 14.9 Å². The number of rotatable bonds is 5. The maximum atomic E-state index is 12.9. The van der Waals surface area contributed by atoms with Crippen LogP contribution in [0.15, 0.2) is 23.4 Å². The van der Waals surface area contributed by atoms with E-state index in [0.717, 1.165) is 12.8 Å². The second-order valence-corrected chi connectivity index (χ2v) is 6.92. The average Bonchev–Trinajstić information content (AvgIpc) is 3.21. The number of carbonyl (C=O) groups is 1. The van der Waals surface area contributed by atoms with Crippen molar-refractivity contribution in [2.24, 2.45) is 5.92 Å². The van der Waals surface area contributed by atoms with Crippen molar-refractivity contribution in [1.82, 2.24) is 4.57 Å². The Morgan fingerprint density at radius 1 is 1.46 bits per heavy atom. The molecule has 0 aromatic carbocycles. The van der Waals surface area contributed by atoms with E-state index < -0.39 is 23.2 Å². The van der Waals surface area contributed by atoms with Gasteiger partial charge in [-0.2, -0.15) is 5.26 Å². The van der Waals surface area contributed by atoms with Crippen LogP contribution in [-0.2, 0) is 31.3 Å². The number of carbonyl (C=O) groups excluding carboxylic acids is 1. The third-order valence-corrected chi connectivity index (χ3v) is 5.28. The first-order valence-corrected chi connectivity index (χ1v) is 8.95. The fourth-order valence-electron chi connectivity index (χ4n) is 3.80. The van der Waals surface area contributed by atoms with E-state index in [1.165, 1.54) is 17.1 Å². The number of hydrogen-bond acceptors (Lipinski definition) is 6. The Hall–Kier alpha value is -2.75. The molecular formula is C19H20N2O5. The molecule has 0 bridgehead atoms. The zero-order chi connectivity index (χ0) is 18.3. The van der Waals surface area contributed by atoms with E-state index in [2.05, 4.69) is 0 Å². The molecule has 3 aliphatic rings. The Morgan fingerprint density at radius 2 is 2.19 bits per heavy atom. The lowest BCUT2D eigenvalue weighted by Gasteiger charge is -2.24. The number of ether oxygens (including phenoxy) is 3. The summed E-state index contributed by atoms with van der Waals surface area (Å²) in [7, 11) is 0. The van der Waals surface area contributed by atoms with Gasteiger partial charge in [0, 0.05) is 13.0 Å². The van der Waals surface area contributed by atoms with Gasteiger partial charge in [0.15, 0.2) is 0 Å². The van der Waals surface area contributed by atoms with Crippen molar-refractivity contribution in [3.05, 3.63) is 45.8 Å². The van der Waals surface area contributed by atoms with Crippen molar-refractivity contribution < 1.29 is 19.0 Å². The summed E-state index contributed by atoms with van der Waals surface area (Å²) in [5.74, 6) is -1.62. The lowest BCUT2D eigenvalue weighted by Crippen LogP contribution is -2.31. The van der Waals surface area contributed by atoms with Gasteiger partial charge in [-0.15, -0.1) is 0 Å². The fraction of sp³-hybridized carbons (Fsp3) is 0.526. The zero-order valence-corrected chi connectivity index (χ0v) is 14.6. The number of nitriles is 1. The Kier molecular flexibility index (Phi) is 3.98. The summed E-state index contributed by atoms with van der Waals surface area (Å²) < 4.78 is 18.0. The monoisotopic (exact) mass is 356 g/mol. The first kappa shape index (κ1) is 16.7. The molecule has 26 heavy (non-hydrogen) atoms. The van der Waals surface area contributed by atoms with Crippen molar-refractivity contribution in [2.45, 2.75) is 50.9 Å². The first-order chi connectivity index (χ1) is 12.6. The van der Waals surface area contributed by atoms with Crippen LogP contribution >= 0.6 is 0 Å². The highest BCUT2D eigenvalue weighted by molar-refractivity contribution is 5.79. The first-order valence-electron chi connectivity index (χ1n) is 8.95. The van der Waals surface area contributed by atoms with Crippen molar-refractivity contribution in [2.75, 3.05) is 6.61 Å². The van der Waals surface area contributed by atoms with Gasteiger partial charge in [0.1, 0.15) is 29.9 Å². The summed E-state index contributed by atoms with van der Waals surface area (Å²) in [6.45, 7) is 2.40. The minimum absolute atomic E-state index is 0.00968. The molecule has 0 N–H and O–H groups in total. The predicted octanol–water partition coefficient (Wildman–Crippen LogP) is 2.24. The van der Waals surface area contributed by atoms with Gasteiger partial charge in [0.05, 0.1) is 12.5 Å². The van der Waals surface area contributed by atoms with E-state index in [1.807, 2.05) is 6.07 Å². The van der Waals surface area contributed by atoms with Crippen LogP contribution in [0.1, 0.15) is 55.3 Å². The molecule has 7 nitrogen and oxygen atoms in total. The molecule has 1 spiro atoms. The van der Waals surface area contributed by atoms with Crippen molar-refractivity contribution in [3.63, 3.8) is 0 Å². The van der Waals surface area contributed by atoms with Crippen LogP contribution in [0.2, 0.25) is 0 Å². The van der Waals surface area contributed by atoms with Crippen molar-refractivity contribution in [1.29, 1.82) is 5.26 Å². The van der Waals surface area contributed by atoms with Gasteiger partial charge in [0.2, 0.25) is 0 Å². The molecular weight excluding hydrogens is 336 g/mol. The van der Waals surface area contributed by atoms with Crippen molar-refractivity contribution in [3.8, 4) is 6.07 Å². The van der Waals surface area contributed by atoms with Gasteiger partial charge >= 0.3 is 5.97 Å². The molecule has 4 rings (SSSR count). The molecule has 0 saturated heterocycles. The lowest BCUT2D eigenvalue weighted by atomic mass is 9.89. The summed E-state index contributed by atoms with van der Waals surface area (Å²) in [5, 5.41) is 9.61. The normalized spacial score (nSPS) is 20.2. The smallest absolute Gasteiger partial charge is 0.313 e. The van der Waals surface area contributed by atoms with Crippen LogP contribution in [0.3, 0.4) is 0 Å². The van der Waals surface area contributed by atoms with Crippen LogP contribution in [0.4, 0.5) is 0 Å². The molecule has 1 aliphatic carbocycles. The highest BCUT2D eigenvalue weighted by Crippen LogP contribution is 2.43. The lowest BCUT2D eigenvalue weighted by molar-refractivity contribution is -0.148. The Balaban J connectivity index is 1.84. The van der Waals surface area contributed by atoms with Crippen molar-refractivity contribution >= 4 is 5.97 Å². The van der Waals surface area contributed by atoms with Gasteiger partial charge in [-0.25, -0.2) is 0 Å². The molecule has 7 heteroatoms. The number of fused-ring (bicyclic) bond motifs is 2.